The van der Waals surface area contributed by atoms with Crippen LogP contribution in [-0.2, 0) is 20.8 Å². The standard InChI is InChI=1S/C22H31N3O4/c1-4-29-18-8-6-17(7-9-18)12-20(26)23-10-5-11-25-19(14-23)22(28)24(13-16(2)3)15-21(25)27/h6-9,16,19H,4-5,10-15H2,1-3H3. The molecule has 0 aliphatic carbocycles. The molecule has 1 aromatic rings. The fourth-order valence-corrected chi connectivity index (χ4v) is 4.02. The van der Waals surface area contributed by atoms with E-state index in [2.05, 4.69) is 0 Å². The molecule has 1 aromatic carbocycles. The van der Waals surface area contributed by atoms with Gasteiger partial charge < -0.3 is 19.4 Å². The van der Waals surface area contributed by atoms with Gasteiger partial charge in [0.15, 0.2) is 0 Å². The number of hydrogen-bond acceptors (Lipinski definition) is 4. The molecule has 2 saturated heterocycles. The molecule has 1 atom stereocenters. The second kappa shape index (κ2) is 9.29. The minimum Gasteiger partial charge on any atom is -0.494 e. The van der Waals surface area contributed by atoms with Gasteiger partial charge >= 0.3 is 0 Å². The lowest BCUT2D eigenvalue weighted by Gasteiger charge is -2.40. The predicted octanol–water partition coefficient (Wildman–Crippen LogP) is 1.56. The van der Waals surface area contributed by atoms with Crippen LogP contribution in [0.1, 0.15) is 32.8 Å². The summed E-state index contributed by atoms with van der Waals surface area (Å²) in [6.07, 6.45) is 0.964. The summed E-state index contributed by atoms with van der Waals surface area (Å²) < 4.78 is 5.44. The Bertz CT molecular complexity index is 747. The van der Waals surface area contributed by atoms with Gasteiger partial charge in [0.2, 0.25) is 17.7 Å². The molecule has 3 amide bonds. The number of fused-ring (bicyclic) bond motifs is 1. The number of piperazine rings is 1. The summed E-state index contributed by atoms with van der Waals surface area (Å²) >= 11 is 0. The van der Waals surface area contributed by atoms with Crippen LogP contribution >= 0.6 is 0 Å². The van der Waals surface area contributed by atoms with Crippen LogP contribution in [0, 0.1) is 5.92 Å². The second-order valence-corrected chi connectivity index (χ2v) is 8.16. The topological polar surface area (TPSA) is 70.2 Å². The van der Waals surface area contributed by atoms with Gasteiger partial charge in [0.25, 0.3) is 0 Å². The van der Waals surface area contributed by atoms with E-state index in [0.29, 0.717) is 38.6 Å². The van der Waals surface area contributed by atoms with Gasteiger partial charge in [-0.1, -0.05) is 26.0 Å². The molecule has 0 spiro atoms. The van der Waals surface area contributed by atoms with Crippen molar-refractivity contribution >= 4 is 17.7 Å². The van der Waals surface area contributed by atoms with Gasteiger partial charge in [-0.2, -0.15) is 0 Å². The highest BCUT2D eigenvalue weighted by atomic mass is 16.5. The maximum absolute atomic E-state index is 13.0. The molecule has 0 radical (unpaired) electrons. The van der Waals surface area contributed by atoms with Crippen molar-refractivity contribution in [2.24, 2.45) is 5.92 Å². The van der Waals surface area contributed by atoms with Gasteiger partial charge in [-0.3, -0.25) is 14.4 Å². The van der Waals surface area contributed by atoms with Gasteiger partial charge in [0.05, 0.1) is 26.1 Å². The number of nitrogens with zero attached hydrogens (tertiary/aromatic N) is 3. The summed E-state index contributed by atoms with van der Waals surface area (Å²) in [6, 6.07) is 6.95. The normalized spacial score (nSPS) is 20.0. The largest absolute Gasteiger partial charge is 0.494 e. The van der Waals surface area contributed by atoms with E-state index < -0.39 is 6.04 Å². The molecule has 3 rings (SSSR count). The van der Waals surface area contributed by atoms with E-state index >= 15 is 0 Å². The van der Waals surface area contributed by atoms with E-state index in [9.17, 15) is 14.4 Å². The van der Waals surface area contributed by atoms with Crippen molar-refractivity contribution in [3.05, 3.63) is 29.8 Å². The zero-order valence-corrected chi connectivity index (χ0v) is 17.6. The first-order valence-electron chi connectivity index (χ1n) is 10.5. The quantitative estimate of drug-likeness (QED) is 0.725. The SMILES string of the molecule is CCOc1ccc(CC(=O)N2CCCN3C(=O)CN(CC(C)C)C(=O)C3C2)cc1. The smallest absolute Gasteiger partial charge is 0.247 e. The zero-order valence-electron chi connectivity index (χ0n) is 17.6. The van der Waals surface area contributed by atoms with Crippen molar-refractivity contribution in [1.82, 2.24) is 14.7 Å². The van der Waals surface area contributed by atoms with Gasteiger partial charge in [0.1, 0.15) is 11.8 Å². The van der Waals surface area contributed by atoms with Gasteiger partial charge in [-0.25, -0.2) is 0 Å². The Morgan fingerprint density at radius 1 is 1.17 bits per heavy atom. The van der Waals surface area contributed by atoms with Crippen LogP contribution in [0.4, 0.5) is 0 Å². The summed E-state index contributed by atoms with van der Waals surface area (Å²) in [5.41, 5.74) is 0.909. The molecule has 7 nitrogen and oxygen atoms in total. The Hall–Kier alpha value is -2.57. The van der Waals surface area contributed by atoms with Crippen LogP contribution in [0.3, 0.4) is 0 Å². The first-order valence-corrected chi connectivity index (χ1v) is 10.5. The molecule has 2 heterocycles. The Morgan fingerprint density at radius 2 is 1.90 bits per heavy atom. The highest BCUT2D eigenvalue weighted by molar-refractivity contribution is 5.95. The number of ether oxygens (including phenoxy) is 1. The Labute approximate surface area is 172 Å². The van der Waals surface area contributed by atoms with Crippen molar-refractivity contribution in [3.8, 4) is 5.75 Å². The number of carbonyl (C=O) groups excluding carboxylic acids is 3. The molecule has 0 bridgehead atoms. The lowest BCUT2D eigenvalue weighted by atomic mass is 10.1. The lowest BCUT2D eigenvalue weighted by molar-refractivity contribution is -0.156. The summed E-state index contributed by atoms with van der Waals surface area (Å²) in [4.78, 5) is 43.6. The third-order valence-corrected chi connectivity index (χ3v) is 5.37. The number of benzene rings is 1. The summed E-state index contributed by atoms with van der Waals surface area (Å²) in [5.74, 6) is 1.000. The average Bonchev–Trinajstić information content (AvgIpc) is 2.91. The van der Waals surface area contributed by atoms with Gasteiger partial charge in [-0.05, 0) is 37.0 Å². The van der Waals surface area contributed by atoms with Crippen molar-refractivity contribution in [3.63, 3.8) is 0 Å². The maximum atomic E-state index is 13.0. The number of carbonyl (C=O) groups is 3. The molecule has 7 heteroatoms. The van der Waals surface area contributed by atoms with E-state index in [4.69, 9.17) is 4.74 Å². The van der Waals surface area contributed by atoms with Crippen LogP contribution in [0.15, 0.2) is 24.3 Å². The molecule has 0 saturated carbocycles. The Balaban J connectivity index is 1.68. The Kier molecular flexibility index (Phi) is 6.77. The van der Waals surface area contributed by atoms with Crippen LogP contribution in [0.2, 0.25) is 0 Å². The highest BCUT2D eigenvalue weighted by Gasteiger charge is 2.41. The highest BCUT2D eigenvalue weighted by Crippen LogP contribution is 2.20. The minimum absolute atomic E-state index is 0.0164. The van der Waals surface area contributed by atoms with Crippen molar-refractivity contribution in [1.29, 1.82) is 0 Å². The molecule has 0 aromatic heterocycles. The number of hydrogen-bond donors (Lipinski definition) is 0. The fourth-order valence-electron chi connectivity index (χ4n) is 4.02. The molecule has 2 aliphatic rings. The fraction of sp³-hybridized carbons (Fsp3) is 0.591. The molecule has 2 fully saturated rings. The third-order valence-electron chi connectivity index (χ3n) is 5.37. The first kappa shape index (κ1) is 21.1. The van der Waals surface area contributed by atoms with Crippen molar-refractivity contribution < 1.29 is 19.1 Å². The third kappa shape index (κ3) is 5.08. The minimum atomic E-state index is -0.568. The van der Waals surface area contributed by atoms with Crippen LogP contribution in [0.5, 0.6) is 5.75 Å². The molecule has 2 aliphatic heterocycles. The van der Waals surface area contributed by atoms with Crippen LogP contribution in [0.25, 0.3) is 0 Å². The second-order valence-electron chi connectivity index (χ2n) is 8.16. The van der Waals surface area contributed by atoms with E-state index in [1.165, 1.54) is 0 Å². The van der Waals surface area contributed by atoms with E-state index in [0.717, 1.165) is 11.3 Å². The van der Waals surface area contributed by atoms with Crippen LogP contribution in [-0.4, -0.2) is 77.8 Å². The monoisotopic (exact) mass is 401 g/mol. The Morgan fingerprint density at radius 3 is 2.55 bits per heavy atom. The van der Waals surface area contributed by atoms with Gasteiger partial charge in [-0.15, -0.1) is 0 Å². The lowest BCUT2D eigenvalue weighted by Crippen LogP contribution is -2.62. The summed E-state index contributed by atoms with van der Waals surface area (Å²) in [6.45, 7) is 8.67. The average molecular weight is 402 g/mol. The summed E-state index contributed by atoms with van der Waals surface area (Å²) in [5, 5.41) is 0. The molecule has 158 valence electrons. The maximum Gasteiger partial charge on any atom is 0.247 e. The predicted molar refractivity (Wildman–Crippen MR) is 109 cm³/mol. The molecule has 1 unspecified atom stereocenters. The molecule has 29 heavy (non-hydrogen) atoms. The molecular formula is C22H31N3O4. The van der Waals surface area contributed by atoms with Gasteiger partial charge in [0, 0.05) is 19.6 Å². The van der Waals surface area contributed by atoms with E-state index in [1.54, 1.807) is 14.7 Å². The molecular weight excluding hydrogens is 370 g/mol. The van der Waals surface area contributed by atoms with Crippen LogP contribution < -0.4 is 4.74 Å². The number of amides is 3. The van der Waals surface area contributed by atoms with Crippen molar-refractivity contribution in [2.75, 3.05) is 39.3 Å². The summed E-state index contributed by atoms with van der Waals surface area (Å²) in [7, 11) is 0. The number of rotatable bonds is 6. The van der Waals surface area contributed by atoms with E-state index in [1.807, 2.05) is 45.0 Å². The first-order chi connectivity index (χ1) is 13.9. The molecule has 0 N–H and O–H groups in total. The zero-order chi connectivity index (χ0) is 21.0. The van der Waals surface area contributed by atoms with E-state index in [-0.39, 0.29) is 37.2 Å². The van der Waals surface area contributed by atoms with Crippen molar-refractivity contribution in [2.45, 2.75) is 39.7 Å².